The Morgan fingerprint density at radius 2 is 1.95 bits per heavy atom. The number of amides is 1. The van der Waals surface area contributed by atoms with Gasteiger partial charge in [0.25, 0.3) is 5.91 Å². The van der Waals surface area contributed by atoms with Crippen LogP contribution >= 0.6 is 0 Å². The van der Waals surface area contributed by atoms with Gasteiger partial charge in [-0.15, -0.1) is 0 Å². The Morgan fingerprint density at radius 3 is 2.73 bits per heavy atom. The van der Waals surface area contributed by atoms with Crippen LogP contribution in [0.15, 0.2) is 65.3 Å². The van der Waals surface area contributed by atoms with E-state index in [0.29, 0.717) is 11.6 Å². The minimum absolute atomic E-state index is 0.0776. The van der Waals surface area contributed by atoms with E-state index in [1.165, 1.54) is 6.26 Å². The zero-order chi connectivity index (χ0) is 15.4. The summed E-state index contributed by atoms with van der Waals surface area (Å²) in [5, 5.41) is 11.8. The van der Waals surface area contributed by atoms with E-state index in [9.17, 15) is 4.79 Å². The number of nitrogens with one attached hydrogen (secondary N) is 1. The fraction of sp³-hybridized carbons (Fsp3) is 0.0588. The van der Waals surface area contributed by atoms with Crippen LogP contribution in [0, 0.1) is 0 Å². The molecule has 3 rings (SSSR count). The highest BCUT2D eigenvalue weighted by atomic mass is 16.3. The first-order chi connectivity index (χ1) is 10.8. The van der Waals surface area contributed by atoms with Crippen molar-refractivity contribution in [2.75, 3.05) is 5.32 Å². The average Bonchev–Trinajstić information content (AvgIpc) is 3.06. The zero-order valence-electron chi connectivity index (χ0n) is 11.7. The molecule has 22 heavy (non-hydrogen) atoms. The number of aliphatic hydroxyl groups excluding tert-OH is 1. The Bertz CT molecular complexity index is 781. The monoisotopic (exact) mass is 294 g/mol. The first-order valence-electron chi connectivity index (χ1n) is 6.78. The standard InChI is InChI=1S/C17H14N2O3/c20-10-12-5-4-8-14(9-12)18-16(21)15-11-22-17(19-15)13-6-2-1-3-7-13/h1-9,11,20H,10H2,(H,18,21). The van der Waals surface area contributed by atoms with Gasteiger partial charge >= 0.3 is 0 Å². The van der Waals surface area contributed by atoms with Crippen molar-refractivity contribution in [2.24, 2.45) is 0 Å². The van der Waals surface area contributed by atoms with Crippen molar-refractivity contribution in [3.05, 3.63) is 72.1 Å². The van der Waals surface area contributed by atoms with Gasteiger partial charge < -0.3 is 14.8 Å². The molecule has 1 aromatic heterocycles. The van der Waals surface area contributed by atoms with Crippen LogP contribution in [0.4, 0.5) is 5.69 Å². The van der Waals surface area contributed by atoms with Crippen LogP contribution in [0.2, 0.25) is 0 Å². The normalized spacial score (nSPS) is 10.4. The molecule has 0 atom stereocenters. The first kappa shape index (κ1) is 14.0. The van der Waals surface area contributed by atoms with E-state index in [1.54, 1.807) is 24.3 Å². The third-order valence-electron chi connectivity index (χ3n) is 3.12. The lowest BCUT2D eigenvalue weighted by Crippen LogP contribution is -2.12. The van der Waals surface area contributed by atoms with Gasteiger partial charge in [-0.05, 0) is 29.8 Å². The van der Waals surface area contributed by atoms with Gasteiger partial charge in [0.05, 0.1) is 6.61 Å². The lowest BCUT2D eigenvalue weighted by molar-refractivity contribution is 0.102. The Kier molecular flexibility index (Phi) is 3.98. The summed E-state index contributed by atoms with van der Waals surface area (Å²) >= 11 is 0. The van der Waals surface area contributed by atoms with Gasteiger partial charge in [-0.3, -0.25) is 4.79 Å². The summed E-state index contributed by atoms with van der Waals surface area (Å²) in [6.07, 6.45) is 1.33. The number of carbonyl (C=O) groups excluding carboxylic acids is 1. The zero-order valence-corrected chi connectivity index (χ0v) is 11.7. The number of oxazole rings is 1. The molecule has 110 valence electrons. The van der Waals surface area contributed by atoms with Gasteiger partial charge in [0.15, 0.2) is 5.69 Å². The highest BCUT2D eigenvalue weighted by Gasteiger charge is 2.13. The van der Waals surface area contributed by atoms with Gasteiger partial charge in [0, 0.05) is 11.3 Å². The van der Waals surface area contributed by atoms with E-state index in [4.69, 9.17) is 9.52 Å². The van der Waals surface area contributed by atoms with E-state index < -0.39 is 0 Å². The van der Waals surface area contributed by atoms with Crippen LogP contribution < -0.4 is 5.32 Å². The van der Waals surface area contributed by atoms with E-state index in [-0.39, 0.29) is 18.2 Å². The molecule has 1 heterocycles. The third-order valence-corrected chi connectivity index (χ3v) is 3.12. The van der Waals surface area contributed by atoms with Gasteiger partial charge in [-0.2, -0.15) is 0 Å². The van der Waals surface area contributed by atoms with Crippen molar-refractivity contribution in [1.82, 2.24) is 4.98 Å². The quantitative estimate of drug-likeness (QED) is 0.775. The highest BCUT2D eigenvalue weighted by molar-refractivity contribution is 6.02. The molecule has 5 nitrogen and oxygen atoms in total. The largest absolute Gasteiger partial charge is 0.444 e. The molecular formula is C17H14N2O3. The van der Waals surface area contributed by atoms with E-state index in [0.717, 1.165) is 11.1 Å². The van der Waals surface area contributed by atoms with Crippen molar-refractivity contribution in [1.29, 1.82) is 0 Å². The molecule has 0 aliphatic rings. The van der Waals surface area contributed by atoms with Crippen molar-refractivity contribution < 1.29 is 14.3 Å². The third kappa shape index (κ3) is 3.05. The van der Waals surface area contributed by atoms with Crippen LogP contribution in [0.1, 0.15) is 16.1 Å². The molecule has 0 unspecified atom stereocenters. The molecule has 0 saturated carbocycles. The van der Waals surface area contributed by atoms with Gasteiger partial charge in [0.1, 0.15) is 6.26 Å². The highest BCUT2D eigenvalue weighted by Crippen LogP contribution is 2.19. The number of hydrogen-bond acceptors (Lipinski definition) is 4. The van der Waals surface area contributed by atoms with E-state index >= 15 is 0 Å². The van der Waals surface area contributed by atoms with Crippen LogP contribution in [0.3, 0.4) is 0 Å². The van der Waals surface area contributed by atoms with Gasteiger partial charge in [-0.25, -0.2) is 4.98 Å². The van der Waals surface area contributed by atoms with Crippen molar-refractivity contribution in [3.63, 3.8) is 0 Å². The summed E-state index contributed by atoms with van der Waals surface area (Å²) in [6.45, 7) is -0.0776. The molecule has 0 saturated heterocycles. The summed E-state index contributed by atoms with van der Waals surface area (Å²) in [5.41, 5.74) is 2.33. The van der Waals surface area contributed by atoms with Crippen molar-refractivity contribution >= 4 is 11.6 Å². The Balaban J connectivity index is 1.77. The maximum atomic E-state index is 12.2. The average molecular weight is 294 g/mol. The summed E-state index contributed by atoms with van der Waals surface area (Å²) in [7, 11) is 0. The van der Waals surface area contributed by atoms with Crippen LogP contribution in [0.25, 0.3) is 11.5 Å². The van der Waals surface area contributed by atoms with E-state index in [2.05, 4.69) is 10.3 Å². The molecule has 0 fully saturated rings. The van der Waals surface area contributed by atoms with Gasteiger partial charge in [0.2, 0.25) is 5.89 Å². The first-order valence-corrected chi connectivity index (χ1v) is 6.78. The summed E-state index contributed by atoms with van der Waals surface area (Å²) in [5.74, 6) is 0.0379. The molecule has 0 radical (unpaired) electrons. The molecule has 0 spiro atoms. The molecule has 0 aliphatic heterocycles. The summed E-state index contributed by atoms with van der Waals surface area (Å²) in [6, 6.07) is 16.4. The second-order valence-corrected chi connectivity index (χ2v) is 4.72. The number of carbonyl (C=O) groups is 1. The smallest absolute Gasteiger partial charge is 0.277 e. The Morgan fingerprint density at radius 1 is 1.14 bits per heavy atom. The maximum absolute atomic E-state index is 12.2. The summed E-state index contributed by atoms with van der Waals surface area (Å²) in [4.78, 5) is 16.4. The van der Waals surface area contributed by atoms with Gasteiger partial charge in [-0.1, -0.05) is 30.3 Å². The maximum Gasteiger partial charge on any atom is 0.277 e. The molecule has 2 N–H and O–H groups in total. The predicted molar refractivity (Wildman–Crippen MR) is 82.3 cm³/mol. The van der Waals surface area contributed by atoms with E-state index in [1.807, 2.05) is 30.3 Å². The fourth-order valence-electron chi connectivity index (χ4n) is 2.03. The number of aromatic nitrogens is 1. The minimum Gasteiger partial charge on any atom is -0.444 e. The molecular weight excluding hydrogens is 280 g/mol. The number of anilines is 1. The predicted octanol–water partition coefficient (Wildman–Crippen LogP) is 3.09. The number of benzene rings is 2. The van der Waals surface area contributed by atoms with Crippen LogP contribution in [0.5, 0.6) is 0 Å². The number of nitrogens with zero attached hydrogens (tertiary/aromatic N) is 1. The SMILES string of the molecule is O=C(Nc1cccc(CO)c1)c1coc(-c2ccccc2)n1. The Hall–Kier alpha value is -2.92. The molecule has 0 bridgehead atoms. The van der Waals surface area contributed by atoms with Crippen molar-refractivity contribution in [3.8, 4) is 11.5 Å². The lowest BCUT2D eigenvalue weighted by Gasteiger charge is -2.04. The second kappa shape index (κ2) is 6.24. The molecule has 3 aromatic rings. The Labute approximate surface area is 127 Å². The molecule has 0 aliphatic carbocycles. The molecule has 1 amide bonds. The minimum atomic E-state index is -0.360. The fourth-order valence-corrected chi connectivity index (χ4v) is 2.03. The lowest BCUT2D eigenvalue weighted by atomic mass is 10.2. The van der Waals surface area contributed by atoms with Crippen LogP contribution in [-0.2, 0) is 6.61 Å². The summed E-state index contributed by atoms with van der Waals surface area (Å²) < 4.78 is 5.34. The molecule has 5 heteroatoms. The van der Waals surface area contributed by atoms with Crippen molar-refractivity contribution in [2.45, 2.75) is 6.61 Å². The second-order valence-electron chi connectivity index (χ2n) is 4.72. The number of hydrogen-bond donors (Lipinski definition) is 2. The molecule has 2 aromatic carbocycles. The topological polar surface area (TPSA) is 75.4 Å². The number of aliphatic hydroxyl groups is 1. The van der Waals surface area contributed by atoms with Crippen LogP contribution in [-0.4, -0.2) is 16.0 Å². The number of rotatable bonds is 4.